The minimum absolute atomic E-state index is 0.478. The van der Waals surface area contributed by atoms with Crippen molar-refractivity contribution < 1.29 is 5.11 Å². The van der Waals surface area contributed by atoms with Crippen LogP contribution in [0.15, 0.2) is 0 Å². The molecule has 1 unspecified atom stereocenters. The van der Waals surface area contributed by atoms with E-state index in [2.05, 4.69) is 22.2 Å². The summed E-state index contributed by atoms with van der Waals surface area (Å²) in [6, 6.07) is 0. The molecule has 2 aliphatic heterocycles. The third kappa shape index (κ3) is 3.14. The lowest BCUT2D eigenvalue weighted by atomic mass is 9.93. The molecule has 0 spiro atoms. The van der Waals surface area contributed by atoms with Crippen molar-refractivity contribution in [3.05, 3.63) is 0 Å². The smallest absolute Gasteiger partial charge is 0.0898 e. The van der Waals surface area contributed by atoms with Gasteiger partial charge in [-0.3, -0.25) is 4.90 Å². The molecule has 0 aromatic rings. The molecule has 4 nitrogen and oxygen atoms in total. The van der Waals surface area contributed by atoms with Crippen LogP contribution < -0.4 is 5.32 Å². The van der Waals surface area contributed by atoms with E-state index in [0.717, 1.165) is 58.7 Å². The van der Waals surface area contributed by atoms with Gasteiger partial charge in [-0.2, -0.15) is 0 Å². The fourth-order valence-corrected chi connectivity index (χ4v) is 2.51. The minimum atomic E-state index is -0.478. The molecule has 0 saturated carbocycles. The van der Waals surface area contributed by atoms with Gasteiger partial charge in [0.05, 0.1) is 5.60 Å². The van der Waals surface area contributed by atoms with E-state index in [4.69, 9.17) is 0 Å². The molecule has 0 aromatic carbocycles. The molecule has 2 aliphatic rings. The van der Waals surface area contributed by atoms with Gasteiger partial charge in [-0.05, 0) is 26.4 Å². The second-order valence-electron chi connectivity index (χ2n) is 5.08. The van der Waals surface area contributed by atoms with Crippen LogP contribution in [0.3, 0.4) is 0 Å². The van der Waals surface area contributed by atoms with Crippen LogP contribution in [0.2, 0.25) is 0 Å². The van der Waals surface area contributed by atoms with E-state index in [1.807, 2.05) is 0 Å². The molecule has 0 aromatic heterocycles. The van der Waals surface area contributed by atoms with Crippen LogP contribution in [0.4, 0.5) is 0 Å². The highest BCUT2D eigenvalue weighted by atomic mass is 16.3. The number of likely N-dealkylation sites (N-methyl/N-ethyl adjacent to an activating group) is 1. The second-order valence-corrected chi connectivity index (χ2v) is 5.08. The largest absolute Gasteiger partial charge is 0.387 e. The van der Waals surface area contributed by atoms with Gasteiger partial charge in [-0.15, -0.1) is 0 Å². The molecule has 2 heterocycles. The van der Waals surface area contributed by atoms with E-state index >= 15 is 0 Å². The highest BCUT2D eigenvalue weighted by molar-refractivity contribution is 4.89. The van der Waals surface area contributed by atoms with Crippen LogP contribution in [0.5, 0.6) is 0 Å². The van der Waals surface area contributed by atoms with E-state index < -0.39 is 5.60 Å². The summed E-state index contributed by atoms with van der Waals surface area (Å²) in [6.45, 7) is 7.11. The predicted octanol–water partition coefficient (Wildman–Crippen LogP) is -0.652. The Morgan fingerprint density at radius 1 is 1.27 bits per heavy atom. The molecular weight excluding hydrogens is 190 g/mol. The quantitative estimate of drug-likeness (QED) is 0.639. The fraction of sp³-hybridized carbons (Fsp3) is 1.00. The Kier molecular flexibility index (Phi) is 3.61. The third-order valence-corrected chi connectivity index (χ3v) is 3.56. The first kappa shape index (κ1) is 11.3. The highest BCUT2D eigenvalue weighted by Crippen LogP contribution is 2.18. The lowest BCUT2D eigenvalue weighted by Gasteiger charge is -2.40. The van der Waals surface area contributed by atoms with E-state index in [9.17, 15) is 5.11 Å². The van der Waals surface area contributed by atoms with Crippen LogP contribution in [-0.2, 0) is 0 Å². The van der Waals surface area contributed by atoms with Gasteiger partial charge in [0.25, 0.3) is 0 Å². The van der Waals surface area contributed by atoms with Gasteiger partial charge in [0.1, 0.15) is 0 Å². The maximum atomic E-state index is 10.4. The number of nitrogens with one attached hydrogen (secondary N) is 1. The normalized spacial score (nSPS) is 35.6. The van der Waals surface area contributed by atoms with Crippen LogP contribution in [0.1, 0.15) is 12.8 Å². The van der Waals surface area contributed by atoms with Crippen LogP contribution in [0, 0.1) is 0 Å². The summed E-state index contributed by atoms with van der Waals surface area (Å²) >= 11 is 0. The first-order chi connectivity index (χ1) is 7.18. The summed E-state index contributed by atoms with van der Waals surface area (Å²) in [7, 11) is 2.16. The number of β-amino-alcohol motifs (C(OH)–C–C–N with tert-alkyl or cyclic N) is 1. The summed E-state index contributed by atoms with van der Waals surface area (Å²) < 4.78 is 0. The van der Waals surface area contributed by atoms with Gasteiger partial charge in [0.15, 0.2) is 0 Å². The van der Waals surface area contributed by atoms with Gasteiger partial charge in [-0.25, -0.2) is 0 Å². The molecule has 0 bridgehead atoms. The average Bonchev–Trinajstić information content (AvgIpc) is 2.22. The van der Waals surface area contributed by atoms with Crippen molar-refractivity contribution in [3.8, 4) is 0 Å². The molecular formula is C11H23N3O. The summed E-state index contributed by atoms with van der Waals surface area (Å²) in [5.74, 6) is 0. The Hall–Kier alpha value is -0.160. The molecule has 88 valence electrons. The van der Waals surface area contributed by atoms with Crippen molar-refractivity contribution in [2.45, 2.75) is 18.4 Å². The second kappa shape index (κ2) is 4.78. The van der Waals surface area contributed by atoms with Gasteiger partial charge >= 0.3 is 0 Å². The lowest BCUT2D eigenvalue weighted by molar-refractivity contribution is -0.0240. The van der Waals surface area contributed by atoms with Gasteiger partial charge in [0.2, 0.25) is 0 Å². The van der Waals surface area contributed by atoms with Crippen LogP contribution in [0.25, 0.3) is 0 Å². The zero-order valence-corrected chi connectivity index (χ0v) is 9.71. The van der Waals surface area contributed by atoms with Crippen molar-refractivity contribution >= 4 is 0 Å². The maximum Gasteiger partial charge on any atom is 0.0898 e. The molecule has 1 atom stereocenters. The molecule has 2 fully saturated rings. The number of rotatable bonds is 2. The fourth-order valence-electron chi connectivity index (χ4n) is 2.51. The monoisotopic (exact) mass is 213 g/mol. The van der Waals surface area contributed by atoms with E-state index in [1.165, 1.54) is 0 Å². The van der Waals surface area contributed by atoms with Gasteiger partial charge in [0, 0.05) is 39.3 Å². The number of piperazine rings is 1. The number of hydrogen-bond donors (Lipinski definition) is 2. The average molecular weight is 213 g/mol. The molecule has 4 heteroatoms. The molecule has 2 rings (SSSR count). The van der Waals surface area contributed by atoms with Crippen LogP contribution in [-0.4, -0.2) is 73.4 Å². The Bertz CT molecular complexity index is 196. The number of aliphatic hydroxyl groups is 1. The molecule has 0 radical (unpaired) electrons. The van der Waals surface area contributed by atoms with Gasteiger partial charge in [-0.1, -0.05) is 0 Å². The summed E-state index contributed by atoms with van der Waals surface area (Å²) in [5, 5.41) is 13.7. The topological polar surface area (TPSA) is 38.7 Å². The minimum Gasteiger partial charge on any atom is -0.387 e. The zero-order chi connectivity index (χ0) is 10.7. The van der Waals surface area contributed by atoms with Gasteiger partial charge < -0.3 is 15.3 Å². The van der Waals surface area contributed by atoms with Crippen molar-refractivity contribution in [1.29, 1.82) is 0 Å². The first-order valence-electron chi connectivity index (χ1n) is 6.02. The summed E-state index contributed by atoms with van der Waals surface area (Å²) in [6.07, 6.45) is 2.05. The maximum absolute atomic E-state index is 10.4. The van der Waals surface area contributed by atoms with E-state index in [-0.39, 0.29) is 0 Å². The lowest BCUT2D eigenvalue weighted by Crippen LogP contribution is -2.56. The highest BCUT2D eigenvalue weighted by Gasteiger charge is 2.31. The third-order valence-electron chi connectivity index (χ3n) is 3.56. The van der Waals surface area contributed by atoms with Crippen LogP contribution >= 0.6 is 0 Å². The first-order valence-corrected chi connectivity index (χ1v) is 6.02. The Morgan fingerprint density at radius 3 is 2.60 bits per heavy atom. The van der Waals surface area contributed by atoms with Crippen molar-refractivity contribution in [1.82, 2.24) is 15.1 Å². The van der Waals surface area contributed by atoms with E-state index in [1.54, 1.807) is 0 Å². The number of nitrogens with zero attached hydrogens (tertiary/aromatic N) is 2. The standard InChI is InChI=1S/C11H23N3O/c1-13-5-7-14(8-6-13)10-11(15)3-2-4-12-9-11/h12,15H,2-10H2,1H3. The van der Waals surface area contributed by atoms with E-state index in [0.29, 0.717) is 0 Å². The number of piperidine rings is 1. The van der Waals surface area contributed by atoms with Crippen molar-refractivity contribution in [3.63, 3.8) is 0 Å². The molecule has 15 heavy (non-hydrogen) atoms. The Labute approximate surface area is 92.2 Å². The molecule has 0 amide bonds. The molecule has 0 aliphatic carbocycles. The Morgan fingerprint density at radius 2 is 2.00 bits per heavy atom. The van der Waals surface area contributed by atoms with Crippen molar-refractivity contribution in [2.75, 3.05) is 52.9 Å². The zero-order valence-electron chi connectivity index (χ0n) is 9.71. The predicted molar refractivity (Wildman–Crippen MR) is 61.0 cm³/mol. The van der Waals surface area contributed by atoms with Crippen molar-refractivity contribution in [2.24, 2.45) is 0 Å². The SMILES string of the molecule is CN1CCN(CC2(O)CCCNC2)CC1. The summed E-state index contributed by atoms with van der Waals surface area (Å²) in [4.78, 5) is 4.74. The number of hydrogen-bond acceptors (Lipinski definition) is 4. The Balaban J connectivity index is 1.80. The molecule has 2 N–H and O–H groups in total. The summed E-state index contributed by atoms with van der Waals surface area (Å²) in [5.41, 5.74) is -0.478. The molecule has 2 saturated heterocycles.